The third kappa shape index (κ3) is 1.54. The second-order valence-corrected chi connectivity index (χ2v) is 4.19. The van der Waals surface area contributed by atoms with E-state index in [1.165, 1.54) is 11.1 Å². The summed E-state index contributed by atoms with van der Waals surface area (Å²) in [6, 6.07) is 6.22. The Kier molecular flexibility index (Phi) is 2.77. The van der Waals surface area contributed by atoms with Crippen molar-refractivity contribution >= 4 is 11.6 Å². The highest BCUT2D eigenvalue weighted by molar-refractivity contribution is 6.30. The lowest BCUT2D eigenvalue weighted by Gasteiger charge is -2.17. The maximum atomic E-state index is 9.24. The van der Waals surface area contributed by atoms with Crippen molar-refractivity contribution in [3.63, 3.8) is 0 Å². The number of rotatable bonds is 2. The van der Waals surface area contributed by atoms with Crippen LogP contribution in [-0.2, 0) is 6.42 Å². The van der Waals surface area contributed by atoms with Gasteiger partial charge < -0.3 is 10.4 Å². The van der Waals surface area contributed by atoms with E-state index in [2.05, 4.69) is 11.4 Å². The van der Waals surface area contributed by atoms with Crippen LogP contribution in [-0.4, -0.2) is 18.8 Å². The van der Waals surface area contributed by atoms with E-state index in [9.17, 15) is 5.11 Å². The molecule has 0 bridgehead atoms. The van der Waals surface area contributed by atoms with E-state index in [0.29, 0.717) is 0 Å². The van der Waals surface area contributed by atoms with Crippen LogP contribution in [0.15, 0.2) is 18.2 Å². The van der Waals surface area contributed by atoms with Gasteiger partial charge in [-0.3, -0.25) is 0 Å². The van der Waals surface area contributed by atoms with Crippen LogP contribution in [0.2, 0.25) is 5.02 Å². The van der Waals surface area contributed by atoms with Crippen molar-refractivity contribution < 1.29 is 5.11 Å². The second-order valence-electron chi connectivity index (χ2n) is 3.76. The Bertz CT molecular complexity index is 340. The van der Waals surface area contributed by atoms with Gasteiger partial charge in [-0.05, 0) is 36.7 Å². The van der Waals surface area contributed by atoms with Crippen LogP contribution in [0.25, 0.3) is 0 Å². The minimum absolute atomic E-state index is 0.220. The molecular weight excluding hydrogens is 198 g/mol. The topological polar surface area (TPSA) is 32.3 Å². The molecule has 14 heavy (non-hydrogen) atoms. The molecular formula is C11H14ClNO. The lowest BCUT2D eigenvalue weighted by atomic mass is 10.0. The predicted molar refractivity (Wildman–Crippen MR) is 57.5 cm³/mol. The lowest BCUT2D eigenvalue weighted by molar-refractivity contribution is 0.203. The first-order valence-corrected chi connectivity index (χ1v) is 5.20. The summed E-state index contributed by atoms with van der Waals surface area (Å²) in [6.07, 6.45) is 0.915. The first-order chi connectivity index (χ1) is 6.76. The standard InChI is InChI=1S/C11H14ClNO/c1-13-11-8(6-14)4-7-5-9(12)2-3-10(7)11/h2-3,5,8,11,13-14H,4,6H2,1H3. The van der Waals surface area contributed by atoms with Crippen molar-refractivity contribution in [1.82, 2.24) is 5.32 Å². The number of aliphatic hydroxyl groups excluding tert-OH is 1. The Morgan fingerprint density at radius 2 is 2.36 bits per heavy atom. The number of aliphatic hydroxyl groups is 1. The lowest BCUT2D eigenvalue weighted by Crippen LogP contribution is -2.23. The monoisotopic (exact) mass is 211 g/mol. The fourth-order valence-electron chi connectivity index (χ4n) is 2.27. The Hall–Kier alpha value is -0.570. The molecule has 1 aromatic carbocycles. The molecule has 2 rings (SSSR count). The van der Waals surface area contributed by atoms with Gasteiger partial charge in [-0.15, -0.1) is 0 Å². The van der Waals surface area contributed by atoms with Gasteiger partial charge in [0.1, 0.15) is 0 Å². The molecule has 1 aliphatic carbocycles. The van der Waals surface area contributed by atoms with Crippen molar-refractivity contribution in [2.24, 2.45) is 5.92 Å². The van der Waals surface area contributed by atoms with E-state index in [0.717, 1.165) is 11.4 Å². The van der Waals surface area contributed by atoms with Crippen LogP contribution < -0.4 is 5.32 Å². The first kappa shape index (κ1) is 9.97. The highest BCUT2D eigenvalue weighted by atomic mass is 35.5. The highest BCUT2D eigenvalue weighted by Crippen LogP contribution is 2.36. The molecule has 2 unspecified atom stereocenters. The molecule has 3 heteroatoms. The van der Waals surface area contributed by atoms with Crippen molar-refractivity contribution in [3.8, 4) is 0 Å². The van der Waals surface area contributed by atoms with Gasteiger partial charge in [0.05, 0.1) is 0 Å². The van der Waals surface area contributed by atoms with Crippen molar-refractivity contribution in [2.45, 2.75) is 12.5 Å². The number of nitrogens with one attached hydrogen (secondary N) is 1. The molecule has 2 atom stereocenters. The summed E-state index contributed by atoms with van der Waals surface area (Å²) in [5, 5.41) is 13.2. The summed E-state index contributed by atoms with van der Waals surface area (Å²) in [5.74, 6) is 0.286. The smallest absolute Gasteiger partial charge is 0.0480 e. The average molecular weight is 212 g/mol. The third-order valence-corrected chi connectivity index (χ3v) is 3.17. The number of hydrogen-bond acceptors (Lipinski definition) is 2. The Balaban J connectivity index is 2.37. The number of hydrogen-bond donors (Lipinski definition) is 2. The average Bonchev–Trinajstić information content (AvgIpc) is 2.54. The van der Waals surface area contributed by atoms with Gasteiger partial charge in [-0.1, -0.05) is 17.7 Å². The molecule has 0 spiro atoms. The summed E-state index contributed by atoms with van der Waals surface area (Å²) in [6.45, 7) is 0.220. The van der Waals surface area contributed by atoms with Crippen LogP contribution in [0, 0.1) is 5.92 Å². The van der Waals surface area contributed by atoms with E-state index in [4.69, 9.17) is 11.6 Å². The second kappa shape index (κ2) is 3.89. The summed E-state index contributed by atoms with van der Waals surface area (Å²) in [5.41, 5.74) is 2.53. The quantitative estimate of drug-likeness (QED) is 0.782. The minimum atomic E-state index is 0.220. The molecule has 0 heterocycles. The van der Waals surface area contributed by atoms with Crippen LogP contribution in [0.1, 0.15) is 17.2 Å². The van der Waals surface area contributed by atoms with Crippen LogP contribution in [0.5, 0.6) is 0 Å². The fraction of sp³-hybridized carbons (Fsp3) is 0.455. The number of halogens is 1. The van der Waals surface area contributed by atoms with E-state index >= 15 is 0 Å². The minimum Gasteiger partial charge on any atom is -0.396 e. The van der Waals surface area contributed by atoms with Crippen molar-refractivity contribution in [1.29, 1.82) is 0 Å². The van der Waals surface area contributed by atoms with Crippen molar-refractivity contribution in [2.75, 3.05) is 13.7 Å². The number of fused-ring (bicyclic) bond motifs is 1. The molecule has 2 N–H and O–H groups in total. The molecule has 0 aliphatic heterocycles. The summed E-state index contributed by atoms with van der Waals surface area (Å²) >= 11 is 5.92. The molecule has 76 valence electrons. The maximum Gasteiger partial charge on any atom is 0.0480 e. The SMILES string of the molecule is CNC1c2ccc(Cl)cc2CC1CO. The van der Waals surface area contributed by atoms with Crippen molar-refractivity contribution in [3.05, 3.63) is 34.3 Å². The van der Waals surface area contributed by atoms with Gasteiger partial charge in [-0.2, -0.15) is 0 Å². The Labute approximate surface area is 88.9 Å². The summed E-state index contributed by atoms with van der Waals surface area (Å²) < 4.78 is 0. The maximum absolute atomic E-state index is 9.24. The molecule has 1 aliphatic rings. The van der Waals surface area contributed by atoms with Gasteiger partial charge >= 0.3 is 0 Å². The van der Waals surface area contributed by atoms with Gasteiger partial charge in [-0.25, -0.2) is 0 Å². The van der Waals surface area contributed by atoms with E-state index in [1.807, 2.05) is 19.2 Å². The summed E-state index contributed by atoms with van der Waals surface area (Å²) in [4.78, 5) is 0. The van der Waals surface area contributed by atoms with Crippen LogP contribution in [0.4, 0.5) is 0 Å². The molecule has 2 nitrogen and oxygen atoms in total. The first-order valence-electron chi connectivity index (χ1n) is 4.82. The molecule has 0 amide bonds. The zero-order valence-corrected chi connectivity index (χ0v) is 8.88. The summed E-state index contributed by atoms with van der Waals surface area (Å²) in [7, 11) is 1.93. The molecule has 0 aromatic heterocycles. The van der Waals surface area contributed by atoms with E-state index in [-0.39, 0.29) is 18.6 Å². The molecule has 0 saturated carbocycles. The van der Waals surface area contributed by atoms with Gasteiger partial charge in [0.15, 0.2) is 0 Å². The van der Waals surface area contributed by atoms with Crippen LogP contribution in [0.3, 0.4) is 0 Å². The largest absolute Gasteiger partial charge is 0.396 e. The van der Waals surface area contributed by atoms with E-state index < -0.39 is 0 Å². The fourth-order valence-corrected chi connectivity index (χ4v) is 2.46. The van der Waals surface area contributed by atoms with Crippen LogP contribution >= 0.6 is 11.6 Å². The Morgan fingerprint density at radius 1 is 1.57 bits per heavy atom. The zero-order chi connectivity index (χ0) is 10.1. The molecule has 0 saturated heterocycles. The number of benzene rings is 1. The predicted octanol–water partition coefficient (Wildman–Crippen LogP) is 1.77. The Morgan fingerprint density at radius 3 is 3.00 bits per heavy atom. The normalized spacial score (nSPS) is 25.1. The zero-order valence-electron chi connectivity index (χ0n) is 8.13. The van der Waals surface area contributed by atoms with E-state index in [1.54, 1.807) is 0 Å². The highest BCUT2D eigenvalue weighted by Gasteiger charge is 2.30. The molecule has 0 radical (unpaired) electrons. The molecule has 0 fully saturated rings. The van der Waals surface area contributed by atoms with Gasteiger partial charge in [0, 0.05) is 23.6 Å². The molecule has 1 aromatic rings. The van der Waals surface area contributed by atoms with Gasteiger partial charge in [0.25, 0.3) is 0 Å². The third-order valence-electron chi connectivity index (χ3n) is 2.94. The van der Waals surface area contributed by atoms with Gasteiger partial charge in [0.2, 0.25) is 0 Å².